The van der Waals surface area contributed by atoms with Gasteiger partial charge in [-0.15, -0.1) is 0 Å². The van der Waals surface area contributed by atoms with Crippen LogP contribution < -0.4 is 14.7 Å². The van der Waals surface area contributed by atoms with Crippen LogP contribution in [0.1, 0.15) is 11.6 Å². The molecule has 32 heavy (non-hydrogen) atoms. The summed E-state index contributed by atoms with van der Waals surface area (Å²) in [5, 5.41) is 2.05. The molecular weight excluding hydrogens is 451 g/mol. The van der Waals surface area contributed by atoms with Crippen molar-refractivity contribution < 1.29 is 19.2 Å². The van der Waals surface area contributed by atoms with Crippen LogP contribution in [-0.2, 0) is 14.4 Å². The fourth-order valence-corrected chi connectivity index (χ4v) is 4.93. The van der Waals surface area contributed by atoms with E-state index in [4.69, 9.17) is 32.8 Å². The predicted molar refractivity (Wildman–Crippen MR) is 122 cm³/mol. The number of benzene rings is 3. The minimum Gasteiger partial charge on any atom is -0.496 e. The smallest absolute Gasteiger partial charge is 0.266 e. The maximum Gasteiger partial charge on any atom is 0.266 e. The fourth-order valence-electron chi connectivity index (χ4n) is 4.36. The Morgan fingerprint density at radius 3 is 2.19 bits per heavy atom. The fraction of sp³-hybridized carbons (Fsp3) is 0.167. The quantitative estimate of drug-likeness (QED) is 0.501. The highest BCUT2D eigenvalue weighted by atomic mass is 35.5. The van der Waals surface area contributed by atoms with Crippen LogP contribution in [0.15, 0.2) is 72.8 Å². The van der Waals surface area contributed by atoms with Crippen molar-refractivity contribution in [1.82, 2.24) is 0 Å². The van der Waals surface area contributed by atoms with Crippen LogP contribution in [0.25, 0.3) is 0 Å². The van der Waals surface area contributed by atoms with E-state index in [-0.39, 0.29) is 15.7 Å². The number of carbonyl (C=O) groups excluding carboxylic acids is 2. The highest BCUT2D eigenvalue weighted by Gasteiger charge is 2.61. The van der Waals surface area contributed by atoms with Crippen LogP contribution >= 0.6 is 23.2 Å². The number of amides is 2. The molecule has 0 unspecified atom stereocenters. The molecule has 2 fully saturated rings. The zero-order chi connectivity index (χ0) is 22.4. The van der Waals surface area contributed by atoms with Gasteiger partial charge >= 0.3 is 0 Å². The Bertz CT molecular complexity index is 1180. The summed E-state index contributed by atoms with van der Waals surface area (Å²) in [4.78, 5) is 34.3. The van der Waals surface area contributed by atoms with Crippen molar-refractivity contribution >= 4 is 46.4 Å². The molecule has 3 atom stereocenters. The number of rotatable bonds is 4. The number of imide groups is 1. The molecule has 0 spiro atoms. The molecule has 2 heterocycles. The molecule has 0 saturated carbocycles. The lowest BCUT2D eigenvalue weighted by molar-refractivity contribution is -0.126. The van der Waals surface area contributed by atoms with E-state index >= 15 is 0 Å². The summed E-state index contributed by atoms with van der Waals surface area (Å²) in [5.74, 6) is -1.15. The molecule has 0 aromatic heterocycles. The van der Waals surface area contributed by atoms with Crippen LogP contribution in [0.5, 0.6) is 5.75 Å². The van der Waals surface area contributed by atoms with Gasteiger partial charge < -0.3 is 4.74 Å². The Morgan fingerprint density at radius 2 is 1.50 bits per heavy atom. The van der Waals surface area contributed by atoms with Crippen LogP contribution in [0, 0.1) is 5.92 Å². The third kappa shape index (κ3) is 3.14. The summed E-state index contributed by atoms with van der Waals surface area (Å²) < 4.78 is 5.57. The van der Waals surface area contributed by atoms with Gasteiger partial charge in [0, 0.05) is 5.56 Å². The van der Waals surface area contributed by atoms with Gasteiger partial charge in [0.15, 0.2) is 6.10 Å². The summed E-state index contributed by atoms with van der Waals surface area (Å²) >= 11 is 12.6. The van der Waals surface area contributed by atoms with Crippen LogP contribution in [0.3, 0.4) is 0 Å². The zero-order valence-electron chi connectivity index (χ0n) is 16.9. The number of hydrogen-bond donors (Lipinski definition) is 0. The lowest BCUT2D eigenvalue weighted by Gasteiger charge is -2.29. The van der Waals surface area contributed by atoms with E-state index in [0.717, 1.165) is 16.2 Å². The van der Waals surface area contributed by atoms with Crippen molar-refractivity contribution in [1.29, 1.82) is 0 Å². The van der Waals surface area contributed by atoms with Gasteiger partial charge in [-0.25, -0.2) is 9.96 Å². The van der Waals surface area contributed by atoms with Gasteiger partial charge in [0.1, 0.15) is 11.7 Å². The highest BCUT2D eigenvalue weighted by Crippen LogP contribution is 2.50. The second kappa shape index (κ2) is 8.13. The van der Waals surface area contributed by atoms with Crippen molar-refractivity contribution in [3.63, 3.8) is 0 Å². The Labute approximate surface area is 194 Å². The van der Waals surface area contributed by atoms with Gasteiger partial charge in [0.25, 0.3) is 5.91 Å². The van der Waals surface area contributed by atoms with Gasteiger partial charge in [-0.05, 0) is 30.3 Å². The van der Waals surface area contributed by atoms with Gasteiger partial charge in [-0.2, -0.15) is 0 Å². The van der Waals surface area contributed by atoms with E-state index in [9.17, 15) is 9.59 Å². The molecule has 0 aliphatic carbocycles. The highest BCUT2D eigenvalue weighted by molar-refractivity contribution is 6.42. The lowest BCUT2D eigenvalue weighted by Crippen LogP contribution is -2.37. The third-order valence-corrected chi connectivity index (χ3v) is 6.35. The summed E-state index contributed by atoms with van der Waals surface area (Å²) in [7, 11) is 1.57. The molecule has 2 amide bonds. The lowest BCUT2D eigenvalue weighted by atomic mass is 9.90. The number of fused-ring (bicyclic) bond motifs is 1. The van der Waals surface area contributed by atoms with E-state index in [1.807, 2.05) is 54.6 Å². The average molecular weight is 469 g/mol. The normalized spacial score (nSPS) is 22.4. The maximum absolute atomic E-state index is 13.7. The molecule has 3 aromatic carbocycles. The summed E-state index contributed by atoms with van der Waals surface area (Å²) in [5.41, 5.74) is 1.63. The molecule has 162 valence electrons. The second-order valence-corrected chi connectivity index (χ2v) is 8.30. The van der Waals surface area contributed by atoms with Crippen molar-refractivity contribution in [2.24, 2.45) is 5.92 Å². The molecular formula is C24H18Cl2N2O4. The van der Waals surface area contributed by atoms with E-state index < -0.39 is 29.9 Å². The molecule has 3 aromatic rings. The van der Waals surface area contributed by atoms with Crippen LogP contribution in [0.2, 0.25) is 10.0 Å². The van der Waals surface area contributed by atoms with E-state index in [1.165, 1.54) is 0 Å². The topological polar surface area (TPSA) is 59.1 Å². The monoisotopic (exact) mass is 468 g/mol. The third-order valence-electron chi connectivity index (χ3n) is 5.74. The predicted octanol–water partition coefficient (Wildman–Crippen LogP) is 5.05. The molecule has 2 aliphatic rings. The number of para-hydroxylation sites is 3. The zero-order valence-corrected chi connectivity index (χ0v) is 18.5. The molecule has 2 aliphatic heterocycles. The van der Waals surface area contributed by atoms with Gasteiger partial charge in [-0.3, -0.25) is 14.4 Å². The van der Waals surface area contributed by atoms with Crippen molar-refractivity contribution in [2.75, 3.05) is 17.1 Å². The average Bonchev–Trinajstić information content (AvgIpc) is 3.31. The van der Waals surface area contributed by atoms with Gasteiger partial charge in [0.05, 0.1) is 34.6 Å². The minimum absolute atomic E-state index is 0.175. The maximum atomic E-state index is 13.7. The number of carbonyl (C=O) groups is 2. The first-order chi connectivity index (χ1) is 15.5. The number of halogens is 2. The molecule has 2 saturated heterocycles. The summed E-state index contributed by atoms with van der Waals surface area (Å²) in [6.07, 6.45) is -1.02. The summed E-state index contributed by atoms with van der Waals surface area (Å²) in [6, 6.07) is 21.0. The number of hydrogen-bond acceptors (Lipinski definition) is 5. The Hall–Kier alpha value is -3.06. The van der Waals surface area contributed by atoms with Crippen molar-refractivity contribution in [2.45, 2.75) is 12.1 Å². The van der Waals surface area contributed by atoms with Crippen LogP contribution in [-0.4, -0.2) is 25.0 Å². The largest absolute Gasteiger partial charge is 0.496 e. The van der Waals surface area contributed by atoms with E-state index in [0.29, 0.717) is 5.75 Å². The van der Waals surface area contributed by atoms with Crippen molar-refractivity contribution in [3.05, 3.63) is 88.4 Å². The standard InChI is InChI=1S/C24H18Cl2N2O4/c1-31-18-13-6-5-10-15(18)20-19-22(32-28(20)14-8-3-2-4-9-14)24(30)27(23(19)29)21-16(25)11-7-12-17(21)26/h2-13,19-20,22H,1H3/t19-,20+,22+/m0/s1. The number of anilines is 2. The van der Waals surface area contributed by atoms with Crippen molar-refractivity contribution in [3.8, 4) is 5.75 Å². The summed E-state index contributed by atoms with van der Waals surface area (Å²) in [6.45, 7) is 0. The molecule has 0 N–H and O–H groups in total. The minimum atomic E-state index is -1.02. The van der Waals surface area contributed by atoms with Gasteiger partial charge in [-0.1, -0.05) is 65.7 Å². The SMILES string of the molecule is COc1ccccc1[C@@H]1[C@@H]2C(=O)N(c3c(Cl)cccc3Cl)C(=O)[C@@H]2ON1c1ccccc1. The Kier molecular flexibility index (Phi) is 5.29. The Balaban J connectivity index is 1.64. The number of methoxy groups -OCH3 is 1. The first kappa shape index (κ1) is 20.8. The van der Waals surface area contributed by atoms with Crippen LogP contribution in [0.4, 0.5) is 11.4 Å². The molecule has 6 nitrogen and oxygen atoms in total. The Morgan fingerprint density at radius 1 is 0.844 bits per heavy atom. The second-order valence-electron chi connectivity index (χ2n) is 7.48. The number of ether oxygens (including phenoxy) is 1. The molecule has 5 rings (SSSR count). The first-order valence-electron chi connectivity index (χ1n) is 9.98. The number of hydroxylamine groups is 1. The molecule has 0 radical (unpaired) electrons. The number of nitrogens with zero attached hydrogens (tertiary/aromatic N) is 2. The molecule has 0 bridgehead atoms. The van der Waals surface area contributed by atoms with Gasteiger partial charge in [0.2, 0.25) is 5.91 Å². The first-order valence-corrected chi connectivity index (χ1v) is 10.7. The molecule has 8 heteroatoms. The van der Waals surface area contributed by atoms with E-state index in [2.05, 4.69) is 0 Å². The van der Waals surface area contributed by atoms with E-state index in [1.54, 1.807) is 30.4 Å².